The van der Waals surface area contributed by atoms with E-state index in [1.807, 2.05) is 0 Å². The maximum atomic E-state index is 11.5. The van der Waals surface area contributed by atoms with Gasteiger partial charge in [-0.1, -0.05) is 19.8 Å². The van der Waals surface area contributed by atoms with Gasteiger partial charge in [-0.3, -0.25) is 14.5 Å². The normalized spacial score (nSPS) is 14.2. The molecule has 0 saturated heterocycles. The molecule has 6 heteroatoms. The minimum atomic E-state index is -0.991. The van der Waals surface area contributed by atoms with Crippen LogP contribution in [0.15, 0.2) is 0 Å². The van der Waals surface area contributed by atoms with Gasteiger partial charge in [0.05, 0.1) is 0 Å². The summed E-state index contributed by atoms with van der Waals surface area (Å²) in [6, 6.07) is -0.781. The Morgan fingerprint density at radius 2 is 1.89 bits per heavy atom. The number of nitrogens with zero attached hydrogens (tertiary/aromatic N) is 1. The zero-order chi connectivity index (χ0) is 14.8. The van der Waals surface area contributed by atoms with Crippen LogP contribution < -0.4 is 5.32 Å². The van der Waals surface area contributed by atoms with Crippen molar-refractivity contribution in [1.29, 1.82) is 0 Å². The molecule has 0 aromatic carbocycles. The van der Waals surface area contributed by atoms with Gasteiger partial charge >= 0.3 is 5.97 Å². The summed E-state index contributed by atoms with van der Waals surface area (Å²) in [6.07, 6.45) is 2.61. The van der Waals surface area contributed by atoms with Crippen molar-refractivity contribution in [3.63, 3.8) is 0 Å². The van der Waals surface area contributed by atoms with Crippen LogP contribution in [-0.4, -0.2) is 52.3 Å². The maximum absolute atomic E-state index is 11.5. The van der Waals surface area contributed by atoms with Gasteiger partial charge in [0.1, 0.15) is 12.3 Å². The highest BCUT2D eigenvalue weighted by Gasteiger charge is 2.23. The number of carboxylic acids is 1. The van der Waals surface area contributed by atoms with E-state index in [4.69, 9.17) is 5.11 Å². The predicted octanol–water partition coefficient (Wildman–Crippen LogP) is 0.796. The summed E-state index contributed by atoms with van der Waals surface area (Å²) in [6.45, 7) is 5.75. The Kier molecular flexibility index (Phi) is 9.16. The number of aliphatic carboxylic acids is 1. The Morgan fingerprint density at radius 3 is 2.37 bits per heavy atom. The van der Waals surface area contributed by atoms with E-state index in [0.29, 0.717) is 19.5 Å². The number of amides is 1. The molecule has 2 atom stereocenters. The second-order valence-electron chi connectivity index (χ2n) is 4.69. The Labute approximate surface area is 114 Å². The number of rotatable bonds is 10. The predicted molar refractivity (Wildman–Crippen MR) is 72.6 cm³/mol. The highest BCUT2D eigenvalue weighted by atomic mass is 16.4. The number of nitrogens with one attached hydrogen (secondary N) is 1. The molecule has 1 amide bonds. The third-order valence-electron chi connectivity index (χ3n) is 3.03. The average Bonchev–Trinajstić information content (AvgIpc) is 2.33. The van der Waals surface area contributed by atoms with Gasteiger partial charge in [-0.05, 0) is 20.3 Å². The minimum absolute atomic E-state index is 0.0260. The summed E-state index contributed by atoms with van der Waals surface area (Å²) in [4.78, 5) is 23.8. The number of aliphatic hydroxyl groups excluding tert-OH is 1. The number of hydrogen-bond donors (Lipinski definition) is 3. The van der Waals surface area contributed by atoms with Crippen LogP contribution in [0.5, 0.6) is 0 Å². The fraction of sp³-hybridized carbons (Fsp3) is 0.846. The average molecular weight is 274 g/mol. The summed E-state index contributed by atoms with van der Waals surface area (Å²) in [5.74, 6) is -1.02. The monoisotopic (exact) mass is 274 g/mol. The van der Waals surface area contributed by atoms with Crippen LogP contribution in [0.2, 0.25) is 0 Å². The smallest absolute Gasteiger partial charge is 0.320 e. The molecule has 0 aromatic rings. The zero-order valence-corrected chi connectivity index (χ0v) is 12.1. The van der Waals surface area contributed by atoms with Crippen LogP contribution in [0.3, 0.4) is 0 Å². The molecule has 19 heavy (non-hydrogen) atoms. The second-order valence-corrected chi connectivity index (χ2v) is 4.69. The van der Waals surface area contributed by atoms with Crippen LogP contribution in [0.1, 0.15) is 46.5 Å². The minimum Gasteiger partial charge on any atom is -0.480 e. The second kappa shape index (κ2) is 9.75. The van der Waals surface area contributed by atoms with E-state index in [0.717, 1.165) is 19.3 Å². The van der Waals surface area contributed by atoms with Gasteiger partial charge in [0.15, 0.2) is 0 Å². The molecular formula is C13H26N2O4. The van der Waals surface area contributed by atoms with Crippen LogP contribution >= 0.6 is 0 Å². The largest absolute Gasteiger partial charge is 0.480 e. The Hall–Kier alpha value is -1.14. The molecule has 3 N–H and O–H groups in total. The summed E-state index contributed by atoms with van der Waals surface area (Å²) >= 11 is 0. The first-order valence-electron chi connectivity index (χ1n) is 6.83. The van der Waals surface area contributed by atoms with Crippen LogP contribution in [-0.2, 0) is 9.59 Å². The standard InChI is InChI=1S/C13H26N2O4/c1-4-5-6-7-12(17)14-8-9-15(11(3)16)10(2)13(18)19/h10-11,16H,4-9H2,1-3H3,(H,14,17)(H,18,19). The Balaban J connectivity index is 4.00. The van der Waals surface area contributed by atoms with E-state index in [1.165, 1.54) is 18.7 Å². The van der Waals surface area contributed by atoms with Crippen molar-refractivity contribution in [3.8, 4) is 0 Å². The van der Waals surface area contributed by atoms with E-state index in [1.54, 1.807) is 0 Å². The molecule has 0 radical (unpaired) electrons. The van der Waals surface area contributed by atoms with Crippen molar-refractivity contribution >= 4 is 11.9 Å². The van der Waals surface area contributed by atoms with Gasteiger partial charge in [0, 0.05) is 19.5 Å². The number of carbonyl (C=O) groups excluding carboxylic acids is 1. The molecule has 0 spiro atoms. The Morgan fingerprint density at radius 1 is 1.26 bits per heavy atom. The molecule has 0 aromatic heterocycles. The molecule has 0 fully saturated rings. The van der Waals surface area contributed by atoms with Gasteiger partial charge in [0.2, 0.25) is 5.91 Å². The highest BCUT2D eigenvalue weighted by Crippen LogP contribution is 2.03. The van der Waals surface area contributed by atoms with Gasteiger partial charge in [0.25, 0.3) is 0 Å². The molecule has 0 bridgehead atoms. The lowest BCUT2D eigenvalue weighted by Crippen LogP contribution is -2.47. The van der Waals surface area contributed by atoms with Crippen LogP contribution in [0.4, 0.5) is 0 Å². The first kappa shape index (κ1) is 17.9. The lowest BCUT2D eigenvalue weighted by molar-refractivity contribution is -0.146. The number of hydrogen-bond acceptors (Lipinski definition) is 4. The molecule has 0 aliphatic heterocycles. The van der Waals surface area contributed by atoms with Crippen LogP contribution in [0.25, 0.3) is 0 Å². The number of carbonyl (C=O) groups is 2. The van der Waals surface area contributed by atoms with E-state index < -0.39 is 18.2 Å². The van der Waals surface area contributed by atoms with Gasteiger partial charge in [-0.25, -0.2) is 0 Å². The lowest BCUT2D eigenvalue weighted by Gasteiger charge is -2.28. The van der Waals surface area contributed by atoms with Crippen molar-refractivity contribution in [2.45, 2.75) is 58.7 Å². The third kappa shape index (κ3) is 7.79. The zero-order valence-electron chi connectivity index (χ0n) is 12.1. The fourth-order valence-electron chi connectivity index (χ4n) is 1.79. The van der Waals surface area contributed by atoms with Crippen molar-refractivity contribution in [2.75, 3.05) is 13.1 Å². The molecule has 0 aliphatic carbocycles. The summed E-state index contributed by atoms with van der Waals surface area (Å²) < 4.78 is 0. The molecule has 0 rings (SSSR count). The first-order valence-corrected chi connectivity index (χ1v) is 6.83. The SMILES string of the molecule is CCCCCC(=O)NCCN(C(C)O)C(C)C(=O)O. The van der Waals surface area contributed by atoms with Gasteiger partial charge in [-0.2, -0.15) is 0 Å². The van der Waals surface area contributed by atoms with Crippen molar-refractivity contribution in [3.05, 3.63) is 0 Å². The molecule has 0 saturated carbocycles. The van der Waals surface area contributed by atoms with Gasteiger partial charge < -0.3 is 15.5 Å². The molecule has 0 aliphatic rings. The Bertz CT molecular complexity index is 282. The maximum Gasteiger partial charge on any atom is 0.320 e. The number of unbranched alkanes of at least 4 members (excludes halogenated alkanes) is 2. The van der Waals surface area contributed by atoms with E-state index in [-0.39, 0.29) is 5.91 Å². The quantitative estimate of drug-likeness (QED) is 0.405. The molecular weight excluding hydrogens is 248 g/mol. The van der Waals surface area contributed by atoms with E-state index in [9.17, 15) is 14.7 Å². The van der Waals surface area contributed by atoms with Crippen molar-refractivity contribution < 1.29 is 19.8 Å². The third-order valence-corrected chi connectivity index (χ3v) is 3.03. The summed E-state index contributed by atoms with van der Waals surface area (Å²) in [5.41, 5.74) is 0. The van der Waals surface area contributed by atoms with Crippen molar-refractivity contribution in [1.82, 2.24) is 10.2 Å². The first-order chi connectivity index (χ1) is 8.90. The van der Waals surface area contributed by atoms with Gasteiger partial charge in [-0.15, -0.1) is 0 Å². The summed E-state index contributed by atoms with van der Waals surface area (Å²) in [5, 5.41) is 21.2. The van der Waals surface area contributed by atoms with E-state index in [2.05, 4.69) is 12.2 Å². The van der Waals surface area contributed by atoms with E-state index >= 15 is 0 Å². The molecule has 0 heterocycles. The fourth-order valence-corrected chi connectivity index (χ4v) is 1.79. The number of aliphatic hydroxyl groups is 1. The lowest BCUT2D eigenvalue weighted by atomic mass is 10.2. The van der Waals surface area contributed by atoms with Crippen LogP contribution in [0, 0.1) is 0 Å². The molecule has 2 unspecified atom stereocenters. The number of carboxylic acid groups (broad SMARTS) is 1. The molecule has 112 valence electrons. The molecule has 6 nitrogen and oxygen atoms in total. The highest BCUT2D eigenvalue weighted by molar-refractivity contribution is 5.75. The summed E-state index contributed by atoms with van der Waals surface area (Å²) in [7, 11) is 0. The topological polar surface area (TPSA) is 89.9 Å². The van der Waals surface area contributed by atoms with Crippen molar-refractivity contribution in [2.24, 2.45) is 0 Å².